The highest BCUT2D eigenvalue weighted by Gasteiger charge is 2.13. The fourth-order valence-electron chi connectivity index (χ4n) is 2.72. The second-order valence-corrected chi connectivity index (χ2v) is 5.95. The molecule has 0 atom stereocenters. The zero-order valence-corrected chi connectivity index (χ0v) is 13.9. The van der Waals surface area contributed by atoms with Crippen molar-refractivity contribution in [3.63, 3.8) is 0 Å². The van der Waals surface area contributed by atoms with Crippen LogP contribution in [-0.4, -0.2) is 29.7 Å². The van der Waals surface area contributed by atoms with Crippen molar-refractivity contribution in [2.75, 3.05) is 0 Å². The van der Waals surface area contributed by atoms with Crippen LogP contribution in [0.15, 0.2) is 47.7 Å². The fourth-order valence-corrected chi connectivity index (χ4v) is 2.72. The van der Waals surface area contributed by atoms with E-state index in [9.17, 15) is 4.79 Å². The van der Waals surface area contributed by atoms with Crippen LogP contribution in [0.4, 0.5) is 0 Å². The Bertz CT molecular complexity index is 1110. The minimum atomic E-state index is -0.216. The van der Waals surface area contributed by atoms with Crippen molar-refractivity contribution < 1.29 is 0 Å². The maximum Gasteiger partial charge on any atom is 0.270 e. The van der Waals surface area contributed by atoms with Crippen LogP contribution >= 0.6 is 0 Å². The van der Waals surface area contributed by atoms with Gasteiger partial charge in [-0.25, -0.2) is 9.97 Å². The Kier molecular flexibility index (Phi) is 3.61. The number of aryl methyl sites for hydroxylation is 2. The molecule has 0 fully saturated rings. The van der Waals surface area contributed by atoms with Gasteiger partial charge in [-0.3, -0.25) is 9.36 Å². The highest BCUT2D eigenvalue weighted by Crippen LogP contribution is 2.16. The Morgan fingerprint density at radius 1 is 1.16 bits per heavy atom. The number of nitrogens with zero attached hydrogens (tertiary/aromatic N) is 5. The fraction of sp³-hybridized carbons (Fsp3) is 0.167. The summed E-state index contributed by atoms with van der Waals surface area (Å²) >= 11 is 0. The zero-order chi connectivity index (χ0) is 17.4. The minimum Gasteiger partial charge on any atom is -0.319 e. The lowest BCUT2D eigenvalue weighted by molar-refractivity contribution is 0.857. The lowest BCUT2D eigenvalue weighted by Crippen LogP contribution is -2.17. The van der Waals surface area contributed by atoms with Gasteiger partial charge in [-0.15, -0.1) is 10.2 Å². The number of hydrogen-bond donors (Lipinski definition) is 1. The molecule has 0 spiro atoms. The van der Waals surface area contributed by atoms with E-state index in [4.69, 9.17) is 0 Å². The molecule has 1 N–H and O–H groups in total. The van der Waals surface area contributed by atoms with E-state index in [-0.39, 0.29) is 12.0 Å². The zero-order valence-electron chi connectivity index (χ0n) is 13.9. The summed E-state index contributed by atoms with van der Waals surface area (Å²) in [7, 11) is 0. The summed E-state index contributed by atoms with van der Waals surface area (Å²) < 4.78 is 1.76. The van der Waals surface area contributed by atoms with Crippen molar-refractivity contribution in [1.29, 1.82) is 0 Å². The van der Waals surface area contributed by atoms with Gasteiger partial charge in [0.1, 0.15) is 23.7 Å². The van der Waals surface area contributed by atoms with E-state index >= 15 is 0 Å². The molecule has 0 saturated heterocycles. The molecule has 0 saturated carbocycles. The van der Waals surface area contributed by atoms with E-state index < -0.39 is 0 Å². The van der Waals surface area contributed by atoms with Crippen molar-refractivity contribution >= 4 is 11.0 Å². The molecule has 0 unspecified atom stereocenters. The van der Waals surface area contributed by atoms with Crippen LogP contribution in [-0.2, 0) is 6.42 Å². The Morgan fingerprint density at radius 3 is 2.80 bits per heavy atom. The quantitative estimate of drug-likeness (QED) is 0.620. The van der Waals surface area contributed by atoms with Gasteiger partial charge < -0.3 is 4.98 Å². The van der Waals surface area contributed by atoms with Crippen molar-refractivity contribution in [1.82, 2.24) is 29.7 Å². The van der Waals surface area contributed by atoms with Crippen molar-refractivity contribution in [2.24, 2.45) is 0 Å². The van der Waals surface area contributed by atoms with Crippen molar-refractivity contribution in [2.45, 2.75) is 20.3 Å². The summed E-state index contributed by atoms with van der Waals surface area (Å²) in [6.07, 6.45) is 3.56. The molecule has 0 aliphatic carbocycles. The Labute approximate surface area is 143 Å². The average molecular weight is 332 g/mol. The monoisotopic (exact) mass is 332 g/mol. The molecule has 0 aliphatic heterocycles. The molecule has 3 aromatic heterocycles. The molecule has 0 aliphatic rings. The van der Waals surface area contributed by atoms with Crippen molar-refractivity contribution in [3.05, 3.63) is 75.9 Å². The molecular weight excluding hydrogens is 316 g/mol. The van der Waals surface area contributed by atoms with Crippen LogP contribution in [0.2, 0.25) is 0 Å². The van der Waals surface area contributed by atoms with Gasteiger partial charge in [0.25, 0.3) is 5.56 Å². The number of fused-ring (bicyclic) bond motifs is 1. The van der Waals surface area contributed by atoms with E-state index in [1.54, 1.807) is 17.1 Å². The van der Waals surface area contributed by atoms with Gasteiger partial charge in [-0.05, 0) is 49.2 Å². The van der Waals surface area contributed by atoms with Gasteiger partial charge in [0.05, 0.1) is 17.5 Å². The van der Waals surface area contributed by atoms with Crippen LogP contribution in [0.5, 0.6) is 0 Å². The predicted molar refractivity (Wildman–Crippen MR) is 93.8 cm³/mol. The smallest absolute Gasteiger partial charge is 0.270 e. The molecule has 3 heterocycles. The summed E-state index contributed by atoms with van der Waals surface area (Å²) in [5.74, 6) is 1.31. The second kappa shape index (κ2) is 5.94. The number of nitrogens with one attached hydrogen (secondary N) is 1. The highest BCUT2D eigenvalue weighted by molar-refractivity contribution is 5.76. The van der Waals surface area contributed by atoms with Crippen LogP contribution in [0.3, 0.4) is 0 Å². The molecule has 25 heavy (non-hydrogen) atoms. The maximum atomic E-state index is 12.4. The molecular formula is C18H16N6O. The largest absolute Gasteiger partial charge is 0.319 e. The number of pyridine rings is 1. The number of aromatic nitrogens is 6. The predicted octanol–water partition coefficient (Wildman–Crippen LogP) is 2.11. The summed E-state index contributed by atoms with van der Waals surface area (Å²) in [5, 5.41) is 8.07. The van der Waals surface area contributed by atoms with Crippen LogP contribution in [0.25, 0.3) is 16.9 Å². The average Bonchev–Trinajstić information content (AvgIpc) is 3.06. The van der Waals surface area contributed by atoms with Gasteiger partial charge in [0.2, 0.25) is 0 Å². The van der Waals surface area contributed by atoms with Crippen molar-refractivity contribution in [3.8, 4) is 5.82 Å². The molecule has 7 nitrogen and oxygen atoms in total. The van der Waals surface area contributed by atoms with E-state index in [2.05, 4.69) is 25.1 Å². The number of H-pyrrole nitrogens is 1. The van der Waals surface area contributed by atoms with Gasteiger partial charge in [0, 0.05) is 6.20 Å². The summed E-state index contributed by atoms with van der Waals surface area (Å²) in [4.78, 5) is 24.2. The second-order valence-electron chi connectivity index (χ2n) is 5.95. The number of hydrogen-bond acceptors (Lipinski definition) is 5. The van der Waals surface area contributed by atoms with E-state index in [1.165, 1.54) is 0 Å². The number of benzene rings is 1. The summed E-state index contributed by atoms with van der Waals surface area (Å²) in [5.41, 5.74) is 3.94. The first kappa shape index (κ1) is 15.2. The third-order valence-electron chi connectivity index (χ3n) is 4.22. The first-order chi connectivity index (χ1) is 12.1. The first-order valence-electron chi connectivity index (χ1n) is 7.92. The topological polar surface area (TPSA) is 89.3 Å². The van der Waals surface area contributed by atoms with Gasteiger partial charge in [-0.2, -0.15) is 0 Å². The van der Waals surface area contributed by atoms with Crippen LogP contribution in [0.1, 0.15) is 22.6 Å². The number of aromatic amines is 1. The Hall–Kier alpha value is -3.35. The standard InChI is InChI=1S/C18H16N6O/c1-11-7-13-14(8-12(11)2)22-18(25)15(21-13)9-17-23-20-10-24(17)16-5-3-4-6-19-16/h3-8,10H,9H2,1-2H3,(H,22,25). The first-order valence-corrected chi connectivity index (χ1v) is 7.92. The van der Waals surface area contributed by atoms with E-state index in [1.807, 2.05) is 44.2 Å². The van der Waals surface area contributed by atoms with Gasteiger partial charge in [0.15, 0.2) is 0 Å². The lowest BCUT2D eigenvalue weighted by atomic mass is 10.1. The van der Waals surface area contributed by atoms with E-state index in [0.29, 0.717) is 17.3 Å². The third kappa shape index (κ3) is 2.80. The lowest BCUT2D eigenvalue weighted by Gasteiger charge is -2.07. The maximum absolute atomic E-state index is 12.4. The SMILES string of the molecule is Cc1cc2nc(Cc3nncn3-c3ccccn3)c(=O)[nH]c2cc1C. The van der Waals surface area contributed by atoms with Gasteiger partial charge in [-0.1, -0.05) is 6.07 Å². The summed E-state index contributed by atoms with van der Waals surface area (Å²) in [6, 6.07) is 9.51. The van der Waals surface area contributed by atoms with Crippen LogP contribution in [0, 0.1) is 13.8 Å². The molecule has 0 radical (unpaired) electrons. The van der Waals surface area contributed by atoms with Crippen LogP contribution < -0.4 is 5.56 Å². The Morgan fingerprint density at radius 2 is 2.00 bits per heavy atom. The molecule has 7 heteroatoms. The third-order valence-corrected chi connectivity index (χ3v) is 4.22. The molecule has 124 valence electrons. The molecule has 1 aromatic carbocycles. The molecule has 4 rings (SSSR count). The molecule has 4 aromatic rings. The molecule has 0 amide bonds. The Balaban J connectivity index is 1.77. The van der Waals surface area contributed by atoms with E-state index in [0.717, 1.165) is 22.2 Å². The minimum absolute atomic E-state index is 0.216. The summed E-state index contributed by atoms with van der Waals surface area (Å²) in [6.45, 7) is 4.04. The molecule has 0 bridgehead atoms. The number of rotatable bonds is 3. The highest BCUT2D eigenvalue weighted by atomic mass is 16.1. The normalized spacial score (nSPS) is 11.1. The van der Waals surface area contributed by atoms with Gasteiger partial charge >= 0.3 is 0 Å².